The molecule has 0 aliphatic rings. The number of anilines is 2. The minimum absolute atomic E-state index is 0.144. The van der Waals surface area contributed by atoms with Gasteiger partial charge in [0.25, 0.3) is 0 Å². The third-order valence-electron chi connectivity index (χ3n) is 2.67. The monoisotopic (exact) mass is 293 g/mol. The summed E-state index contributed by atoms with van der Waals surface area (Å²) in [6.45, 7) is 3.47. The number of carbonyl (C=O) groups excluding carboxylic acids is 3. The standard InChI is InChI=1S/C14H19N3O4/c1-10(18)16-12-4-6-13(7-5-12)17(11(2)19)9-8-15-14(20)21-3/h4-7H,8-9H2,1-3H3,(H,15,20)(H,16,18). The van der Waals surface area contributed by atoms with Crippen molar-refractivity contribution in [2.75, 3.05) is 30.4 Å². The highest BCUT2D eigenvalue weighted by molar-refractivity contribution is 5.92. The van der Waals surface area contributed by atoms with Crippen molar-refractivity contribution in [1.29, 1.82) is 0 Å². The molecule has 0 atom stereocenters. The van der Waals surface area contributed by atoms with E-state index in [0.717, 1.165) is 0 Å². The zero-order chi connectivity index (χ0) is 15.8. The number of carbonyl (C=O) groups is 3. The second-order valence-electron chi connectivity index (χ2n) is 4.32. The first-order valence-electron chi connectivity index (χ1n) is 6.41. The fourth-order valence-corrected chi connectivity index (χ4v) is 1.74. The largest absolute Gasteiger partial charge is 0.453 e. The number of alkyl carbamates (subject to hydrolysis) is 1. The molecular formula is C14H19N3O4. The number of benzene rings is 1. The van der Waals surface area contributed by atoms with Crippen LogP contribution in [0.25, 0.3) is 0 Å². The second kappa shape index (κ2) is 7.88. The Morgan fingerprint density at radius 1 is 1.14 bits per heavy atom. The summed E-state index contributed by atoms with van der Waals surface area (Å²) in [5, 5.41) is 5.16. The van der Waals surface area contributed by atoms with Crippen molar-refractivity contribution in [2.24, 2.45) is 0 Å². The molecule has 2 N–H and O–H groups in total. The van der Waals surface area contributed by atoms with Gasteiger partial charge in [-0.2, -0.15) is 0 Å². The van der Waals surface area contributed by atoms with Crippen molar-refractivity contribution in [2.45, 2.75) is 13.8 Å². The van der Waals surface area contributed by atoms with E-state index in [1.807, 2.05) is 0 Å². The number of nitrogens with zero attached hydrogens (tertiary/aromatic N) is 1. The Kier molecular flexibility index (Phi) is 6.19. The molecule has 0 aliphatic carbocycles. The van der Waals surface area contributed by atoms with Crippen molar-refractivity contribution in [3.05, 3.63) is 24.3 Å². The van der Waals surface area contributed by atoms with Gasteiger partial charge in [-0.3, -0.25) is 9.59 Å². The van der Waals surface area contributed by atoms with Gasteiger partial charge in [-0.1, -0.05) is 0 Å². The van der Waals surface area contributed by atoms with Gasteiger partial charge in [0.1, 0.15) is 0 Å². The SMILES string of the molecule is COC(=O)NCCN(C(C)=O)c1ccc(NC(C)=O)cc1. The topological polar surface area (TPSA) is 87.7 Å². The van der Waals surface area contributed by atoms with Crippen LogP contribution in [0.4, 0.5) is 16.2 Å². The van der Waals surface area contributed by atoms with E-state index >= 15 is 0 Å². The summed E-state index contributed by atoms with van der Waals surface area (Å²) >= 11 is 0. The van der Waals surface area contributed by atoms with Crippen LogP contribution in [0.2, 0.25) is 0 Å². The molecule has 7 nitrogen and oxygen atoms in total. The molecule has 0 aromatic heterocycles. The van der Waals surface area contributed by atoms with E-state index in [4.69, 9.17) is 0 Å². The predicted molar refractivity (Wildman–Crippen MR) is 79.2 cm³/mol. The molecule has 0 fully saturated rings. The maximum atomic E-state index is 11.7. The minimum Gasteiger partial charge on any atom is -0.453 e. The third-order valence-corrected chi connectivity index (χ3v) is 2.67. The van der Waals surface area contributed by atoms with Crippen molar-refractivity contribution >= 4 is 29.3 Å². The summed E-state index contributed by atoms with van der Waals surface area (Å²) in [6.07, 6.45) is -0.542. The highest BCUT2D eigenvalue weighted by Crippen LogP contribution is 2.18. The maximum Gasteiger partial charge on any atom is 0.406 e. The van der Waals surface area contributed by atoms with E-state index in [1.54, 1.807) is 24.3 Å². The lowest BCUT2D eigenvalue weighted by atomic mass is 10.2. The Hall–Kier alpha value is -2.57. The average Bonchev–Trinajstić information content (AvgIpc) is 2.43. The quantitative estimate of drug-likeness (QED) is 0.858. The summed E-state index contributed by atoms with van der Waals surface area (Å²) in [6, 6.07) is 6.87. The molecular weight excluding hydrogens is 274 g/mol. The zero-order valence-corrected chi connectivity index (χ0v) is 12.3. The minimum atomic E-state index is -0.542. The lowest BCUT2D eigenvalue weighted by molar-refractivity contribution is -0.116. The molecule has 0 heterocycles. The number of methoxy groups -OCH3 is 1. The van der Waals surface area contributed by atoms with Crippen molar-refractivity contribution in [1.82, 2.24) is 5.32 Å². The van der Waals surface area contributed by atoms with Crippen LogP contribution in [0.1, 0.15) is 13.8 Å². The van der Waals surface area contributed by atoms with Gasteiger partial charge >= 0.3 is 6.09 Å². The maximum absolute atomic E-state index is 11.7. The first-order valence-corrected chi connectivity index (χ1v) is 6.41. The molecule has 0 aliphatic heterocycles. The summed E-state index contributed by atoms with van der Waals surface area (Å²) in [4.78, 5) is 35.1. The molecule has 1 aromatic rings. The van der Waals surface area contributed by atoms with Crippen molar-refractivity contribution in [3.63, 3.8) is 0 Å². The van der Waals surface area contributed by atoms with Crippen LogP contribution in [0.5, 0.6) is 0 Å². The van der Waals surface area contributed by atoms with E-state index in [2.05, 4.69) is 15.4 Å². The van der Waals surface area contributed by atoms with Gasteiger partial charge < -0.3 is 20.3 Å². The van der Waals surface area contributed by atoms with Crippen LogP contribution in [-0.4, -0.2) is 38.1 Å². The van der Waals surface area contributed by atoms with Gasteiger partial charge in [-0.15, -0.1) is 0 Å². The Morgan fingerprint density at radius 3 is 2.24 bits per heavy atom. The van der Waals surface area contributed by atoms with E-state index in [0.29, 0.717) is 17.9 Å². The molecule has 21 heavy (non-hydrogen) atoms. The van der Waals surface area contributed by atoms with Crippen LogP contribution in [0.15, 0.2) is 24.3 Å². The van der Waals surface area contributed by atoms with Gasteiger partial charge in [-0.05, 0) is 24.3 Å². The summed E-state index contributed by atoms with van der Waals surface area (Å²) in [7, 11) is 1.28. The fraction of sp³-hybridized carbons (Fsp3) is 0.357. The van der Waals surface area contributed by atoms with Gasteiger partial charge in [-0.25, -0.2) is 4.79 Å². The molecule has 0 spiro atoms. The molecule has 1 aromatic carbocycles. The highest BCUT2D eigenvalue weighted by atomic mass is 16.5. The van der Waals surface area contributed by atoms with Gasteiger partial charge in [0.05, 0.1) is 7.11 Å². The van der Waals surface area contributed by atoms with Gasteiger partial charge in [0.15, 0.2) is 0 Å². The molecule has 0 bridgehead atoms. The van der Waals surface area contributed by atoms with E-state index < -0.39 is 6.09 Å². The van der Waals surface area contributed by atoms with Crippen molar-refractivity contribution in [3.8, 4) is 0 Å². The lowest BCUT2D eigenvalue weighted by Crippen LogP contribution is -2.37. The van der Waals surface area contributed by atoms with Gasteiger partial charge in [0, 0.05) is 38.3 Å². The van der Waals surface area contributed by atoms with Gasteiger partial charge in [0.2, 0.25) is 11.8 Å². The summed E-state index contributed by atoms with van der Waals surface area (Å²) < 4.78 is 4.46. The molecule has 0 radical (unpaired) electrons. The first-order chi connectivity index (χ1) is 9.93. The Balaban J connectivity index is 2.69. The number of nitrogens with one attached hydrogen (secondary N) is 2. The number of rotatable bonds is 5. The number of hydrogen-bond donors (Lipinski definition) is 2. The fourth-order valence-electron chi connectivity index (χ4n) is 1.74. The molecule has 114 valence electrons. The van der Waals surface area contributed by atoms with Crippen LogP contribution in [0, 0.1) is 0 Å². The van der Waals surface area contributed by atoms with Crippen LogP contribution in [0.3, 0.4) is 0 Å². The van der Waals surface area contributed by atoms with E-state index in [9.17, 15) is 14.4 Å². The molecule has 0 saturated carbocycles. The smallest absolute Gasteiger partial charge is 0.406 e. The predicted octanol–water partition coefficient (Wildman–Crippen LogP) is 1.35. The lowest BCUT2D eigenvalue weighted by Gasteiger charge is -2.21. The highest BCUT2D eigenvalue weighted by Gasteiger charge is 2.11. The molecule has 1 rings (SSSR count). The van der Waals surface area contributed by atoms with E-state index in [-0.39, 0.29) is 18.4 Å². The van der Waals surface area contributed by atoms with Crippen LogP contribution in [-0.2, 0) is 14.3 Å². The molecule has 0 unspecified atom stereocenters. The Morgan fingerprint density at radius 2 is 1.76 bits per heavy atom. The summed E-state index contributed by atoms with van der Waals surface area (Å²) in [5.41, 5.74) is 1.34. The molecule has 7 heteroatoms. The van der Waals surface area contributed by atoms with Crippen LogP contribution >= 0.6 is 0 Å². The average molecular weight is 293 g/mol. The number of hydrogen-bond acceptors (Lipinski definition) is 4. The second-order valence-corrected chi connectivity index (χ2v) is 4.32. The molecule has 0 saturated heterocycles. The zero-order valence-electron chi connectivity index (χ0n) is 12.3. The third kappa shape index (κ3) is 5.52. The Bertz CT molecular complexity index is 513. The van der Waals surface area contributed by atoms with Crippen LogP contribution < -0.4 is 15.5 Å². The molecule has 3 amide bonds. The Labute approximate surface area is 123 Å². The number of amides is 3. The summed E-state index contributed by atoms with van der Waals surface area (Å²) in [5.74, 6) is -0.303. The first kappa shape index (κ1) is 16.5. The number of ether oxygens (including phenoxy) is 1. The van der Waals surface area contributed by atoms with E-state index in [1.165, 1.54) is 25.9 Å². The van der Waals surface area contributed by atoms with Crippen molar-refractivity contribution < 1.29 is 19.1 Å². The normalized spacial score (nSPS) is 9.67.